The van der Waals surface area contributed by atoms with Crippen molar-refractivity contribution in [3.63, 3.8) is 0 Å². The van der Waals surface area contributed by atoms with Crippen LogP contribution in [0.4, 0.5) is 10.5 Å². The van der Waals surface area contributed by atoms with E-state index in [2.05, 4.69) is 15.5 Å². The predicted octanol–water partition coefficient (Wildman–Crippen LogP) is 2.48. The lowest BCUT2D eigenvalue weighted by molar-refractivity contribution is -0.134. The quantitative estimate of drug-likeness (QED) is 0.671. The van der Waals surface area contributed by atoms with Gasteiger partial charge in [-0.3, -0.25) is 24.6 Å². The summed E-state index contributed by atoms with van der Waals surface area (Å²) in [7, 11) is 0. The molecule has 2 heterocycles. The van der Waals surface area contributed by atoms with E-state index < -0.39 is 5.60 Å². The van der Waals surface area contributed by atoms with E-state index in [1.54, 1.807) is 29.2 Å². The molecule has 3 rings (SSSR count). The minimum Gasteiger partial charge on any atom is -0.444 e. The van der Waals surface area contributed by atoms with Gasteiger partial charge < -0.3 is 15.0 Å². The van der Waals surface area contributed by atoms with Crippen LogP contribution in [0.1, 0.15) is 58.9 Å². The molecule has 0 aliphatic carbocycles. The Bertz CT molecular complexity index is 896. The minimum atomic E-state index is -0.547. The van der Waals surface area contributed by atoms with Crippen molar-refractivity contribution in [2.45, 2.75) is 71.1 Å². The van der Waals surface area contributed by atoms with Gasteiger partial charge in [0.05, 0.1) is 12.5 Å². The Labute approximate surface area is 194 Å². The first-order valence-electron chi connectivity index (χ1n) is 11.4. The molecule has 33 heavy (non-hydrogen) atoms. The van der Waals surface area contributed by atoms with E-state index in [1.165, 1.54) is 0 Å². The van der Waals surface area contributed by atoms with Crippen LogP contribution < -0.4 is 10.6 Å². The molecule has 3 atom stereocenters. The SMILES string of the molecule is C[C@@H]1CN(C(=O)OC(C)(C)C)C[C@H](C)N1CC(=O)Nc1ccc(C2CCC(=O)NC2=O)cc1. The fourth-order valence-electron chi connectivity index (χ4n) is 4.32. The molecule has 2 N–H and O–H groups in total. The average Bonchev–Trinajstić information content (AvgIpc) is 2.70. The van der Waals surface area contributed by atoms with Crippen LogP contribution in [-0.4, -0.2) is 70.9 Å². The van der Waals surface area contributed by atoms with Crippen molar-refractivity contribution in [1.29, 1.82) is 0 Å². The van der Waals surface area contributed by atoms with Gasteiger partial charge in [-0.1, -0.05) is 12.1 Å². The highest BCUT2D eigenvalue weighted by molar-refractivity contribution is 6.01. The highest BCUT2D eigenvalue weighted by Crippen LogP contribution is 2.26. The fraction of sp³-hybridized carbons (Fsp3) is 0.583. The standard InChI is InChI=1S/C24H34N4O5/c1-15-12-27(23(32)33-24(3,4)5)13-16(2)28(15)14-21(30)25-18-8-6-17(7-9-18)19-10-11-20(29)26-22(19)31/h6-9,15-16,19H,10-14H2,1-5H3,(H,25,30)(H,26,29,31)/t15-,16+,19?. The van der Waals surface area contributed by atoms with Gasteiger partial charge in [0.15, 0.2) is 0 Å². The molecule has 0 spiro atoms. The van der Waals surface area contributed by atoms with Crippen molar-refractivity contribution < 1.29 is 23.9 Å². The number of ether oxygens (including phenoxy) is 1. The van der Waals surface area contributed by atoms with Gasteiger partial charge in [0, 0.05) is 37.3 Å². The Morgan fingerprint density at radius 2 is 1.70 bits per heavy atom. The van der Waals surface area contributed by atoms with E-state index in [9.17, 15) is 19.2 Å². The molecule has 2 aliphatic heterocycles. The van der Waals surface area contributed by atoms with Gasteiger partial charge >= 0.3 is 6.09 Å². The molecule has 0 bridgehead atoms. The van der Waals surface area contributed by atoms with Crippen LogP contribution in [-0.2, 0) is 19.1 Å². The van der Waals surface area contributed by atoms with Crippen LogP contribution in [0.2, 0.25) is 0 Å². The first-order chi connectivity index (χ1) is 15.4. The maximum Gasteiger partial charge on any atom is 0.410 e. The molecule has 9 nitrogen and oxygen atoms in total. The van der Waals surface area contributed by atoms with Crippen LogP contribution in [0, 0.1) is 0 Å². The molecule has 2 aliphatic rings. The predicted molar refractivity (Wildman–Crippen MR) is 124 cm³/mol. The summed E-state index contributed by atoms with van der Waals surface area (Å²) in [5.74, 6) is -1.02. The number of nitrogens with one attached hydrogen (secondary N) is 2. The molecule has 1 aromatic carbocycles. The third-order valence-electron chi connectivity index (χ3n) is 5.92. The van der Waals surface area contributed by atoms with E-state index in [-0.39, 0.29) is 48.4 Å². The molecule has 0 saturated carbocycles. The van der Waals surface area contributed by atoms with Crippen molar-refractivity contribution in [1.82, 2.24) is 15.1 Å². The number of hydrogen-bond acceptors (Lipinski definition) is 6. The first kappa shape index (κ1) is 24.7. The number of carbonyl (C=O) groups excluding carboxylic acids is 4. The van der Waals surface area contributed by atoms with E-state index in [0.717, 1.165) is 5.56 Å². The summed E-state index contributed by atoms with van der Waals surface area (Å²) in [6, 6.07) is 7.15. The second-order valence-corrected chi connectivity index (χ2v) is 9.93. The van der Waals surface area contributed by atoms with E-state index >= 15 is 0 Å². The van der Waals surface area contributed by atoms with E-state index in [1.807, 2.05) is 34.6 Å². The molecule has 0 radical (unpaired) electrons. The van der Waals surface area contributed by atoms with Crippen molar-refractivity contribution in [3.8, 4) is 0 Å². The van der Waals surface area contributed by atoms with Gasteiger partial charge in [-0.05, 0) is 58.7 Å². The second-order valence-electron chi connectivity index (χ2n) is 9.93. The number of imide groups is 1. The number of nitrogens with zero attached hydrogens (tertiary/aromatic N) is 2. The summed E-state index contributed by atoms with van der Waals surface area (Å²) in [5, 5.41) is 5.27. The smallest absolute Gasteiger partial charge is 0.410 e. The van der Waals surface area contributed by atoms with E-state index in [4.69, 9.17) is 4.74 Å². The fourth-order valence-corrected chi connectivity index (χ4v) is 4.32. The number of hydrogen-bond donors (Lipinski definition) is 2. The van der Waals surface area contributed by atoms with Crippen molar-refractivity contribution in [3.05, 3.63) is 29.8 Å². The molecule has 2 fully saturated rings. The number of benzene rings is 1. The molecule has 9 heteroatoms. The molecule has 4 amide bonds. The number of anilines is 1. The molecule has 2 saturated heterocycles. The summed E-state index contributed by atoms with van der Waals surface area (Å²) >= 11 is 0. The van der Waals surface area contributed by atoms with Gasteiger partial charge in [-0.15, -0.1) is 0 Å². The summed E-state index contributed by atoms with van der Waals surface area (Å²) in [6.07, 6.45) is 0.481. The summed E-state index contributed by atoms with van der Waals surface area (Å²) < 4.78 is 5.48. The number of amides is 4. The van der Waals surface area contributed by atoms with Crippen LogP contribution >= 0.6 is 0 Å². The number of piperazine rings is 1. The summed E-state index contributed by atoms with van der Waals surface area (Å²) in [6.45, 7) is 10.7. The van der Waals surface area contributed by atoms with Crippen LogP contribution in [0.5, 0.6) is 0 Å². The minimum absolute atomic E-state index is 0.00178. The van der Waals surface area contributed by atoms with Gasteiger partial charge in [0.25, 0.3) is 0 Å². The largest absolute Gasteiger partial charge is 0.444 e. The highest BCUT2D eigenvalue weighted by Gasteiger charge is 2.35. The van der Waals surface area contributed by atoms with Gasteiger partial charge in [0.2, 0.25) is 17.7 Å². The lowest BCUT2D eigenvalue weighted by atomic mass is 9.90. The van der Waals surface area contributed by atoms with Gasteiger partial charge in [0.1, 0.15) is 5.60 Å². The topological polar surface area (TPSA) is 108 Å². The third kappa shape index (κ3) is 6.54. The summed E-state index contributed by atoms with van der Waals surface area (Å²) in [4.78, 5) is 52.3. The highest BCUT2D eigenvalue weighted by atomic mass is 16.6. The molecule has 180 valence electrons. The average molecular weight is 459 g/mol. The Hall–Kier alpha value is -2.94. The zero-order valence-corrected chi connectivity index (χ0v) is 20.0. The molecular formula is C24H34N4O5. The molecule has 1 aromatic rings. The lowest BCUT2D eigenvalue weighted by Crippen LogP contribution is -2.59. The van der Waals surface area contributed by atoms with Crippen LogP contribution in [0.25, 0.3) is 0 Å². The van der Waals surface area contributed by atoms with Gasteiger partial charge in [-0.2, -0.15) is 0 Å². The summed E-state index contributed by atoms with van der Waals surface area (Å²) in [5.41, 5.74) is 0.913. The second kappa shape index (κ2) is 9.91. The van der Waals surface area contributed by atoms with Crippen molar-refractivity contribution in [2.24, 2.45) is 0 Å². The lowest BCUT2D eigenvalue weighted by Gasteiger charge is -2.44. The molecule has 0 aromatic heterocycles. The number of rotatable bonds is 4. The maximum absolute atomic E-state index is 12.7. The number of carbonyl (C=O) groups is 4. The van der Waals surface area contributed by atoms with Crippen LogP contribution in [0.15, 0.2) is 24.3 Å². The van der Waals surface area contributed by atoms with Gasteiger partial charge in [-0.25, -0.2) is 4.79 Å². The van der Waals surface area contributed by atoms with Crippen molar-refractivity contribution in [2.75, 3.05) is 25.0 Å². The zero-order chi connectivity index (χ0) is 24.3. The normalized spacial score (nSPS) is 24.3. The Morgan fingerprint density at radius 1 is 1.09 bits per heavy atom. The molecular weight excluding hydrogens is 424 g/mol. The Kier molecular flexibility index (Phi) is 7.41. The Balaban J connectivity index is 1.54. The Morgan fingerprint density at radius 3 is 2.24 bits per heavy atom. The molecule has 1 unspecified atom stereocenters. The van der Waals surface area contributed by atoms with E-state index in [0.29, 0.717) is 31.6 Å². The van der Waals surface area contributed by atoms with Crippen LogP contribution in [0.3, 0.4) is 0 Å². The third-order valence-corrected chi connectivity index (χ3v) is 5.92. The van der Waals surface area contributed by atoms with Crippen molar-refractivity contribution >= 4 is 29.5 Å². The maximum atomic E-state index is 12.7. The first-order valence-corrected chi connectivity index (χ1v) is 11.4. The monoisotopic (exact) mass is 458 g/mol. The zero-order valence-electron chi connectivity index (χ0n) is 20.0. The number of piperidine rings is 1.